The number of hydrogen-bond acceptors (Lipinski definition) is 9. The van der Waals surface area contributed by atoms with Gasteiger partial charge in [0.15, 0.2) is 0 Å². The summed E-state index contributed by atoms with van der Waals surface area (Å²) in [4.78, 5) is 75.4. The third-order valence-corrected chi connectivity index (χ3v) is 6.33. The first-order chi connectivity index (χ1) is 20.6. The average Bonchev–Trinajstić information content (AvgIpc) is 2.91. The van der Waals surface area contributed by atoms with Gasteiger partial charge in [0, 0.05) is 13.1 Å². The van der Waals surface area contributed by atoms with Crippen LogP contribution in [0.3, 0.4) is 0 Å². The fraction of sp³-hybridized carbons (Fsp3) is 0.793. The van der Waals surface area contributed by atoms with E-state index in [4.69, 9.17) is 14.2 Å². The molecule has 0 aliphatic rings. The molecule has 0 fully saturated rings. The van der Waals surface area contributed by atoms with Gasteiger partial charge in [0.2, 0.25) is 0 Å². The number of unbranched alkanes of at least 4 members (excludes halogenated alkanes) is 3. The van der Waals surface area contributed by atoms with Crippen molar-refractivity contribution < 1.29 is 28.6 Å². The number of carbonyl (C=O) groups excluding carboxylic acids is 3. The fourth-order valence-corrected chi connectivity index (χ4v) is 3.62. The van der Waals surface area contributed by atoms with Crippen molar-refractivity contribution in [2.24, 2.45) is 10.8 Å². The van der Waals surface area contributed by atoms with Gasteiger partial charge in [0.1, 0.15) is 13.3 Å². The lowest BCUT2D eigenvalue weighted by Gasteiger charge is -2.18. The zero-order valence-electron chi connectivity index (χ0n) is 27.4. The largest absolute Gasteiger partial charge is 0.450 e. The van der Waals surface area contributed by atoms with E-state index in [0.717, 1.165) is 11.0 Å². The molecule has 0 bridgehead atoms. The molecule has 252 valence electrons. The molecule has 0 saturated carbocycles. The van der Waals surface area contributed by atoms with E-state index in [0.29, 0.717) is 60.8 Å². The van der Waals surface area contributed by atoms with E-state index < -0.39 is 48.7 Å². The van der Waals surface area contributed by atoms with Crippen LogP contribution < -0.4 is 33.0 Å². The lowest BCUT2D eigenvalue weighted by molar-refractivity contribution is 0.128. The molecule has 1 rings (SSSR count). The number of nitrogens with zero attached hydrogens (tertiary/aromatic N) is 3. The standard InChI is InChI=1S/C29H52N6O9/c1-8-17-42-22(36)30-15-11-9-10-12-16-33-25(39)34(20-31-23(37)43-18-13-28(2,3)4)27(41)35(26(33)40)21-32-24(38)44-19-14-29(5,6)7/h8-21H2,1-7H3,(H,30,36)(H,31,37)(H,32,38). The van der Waals surface area contributed by atoms with Crippen LogP contribution in [0.1, 0.15) is 93.4 Å². The number of nitrogens with one attached hydrogen (secondary N) is 3. The molecule has 0 aliphatic heterocycles. The Morgan fingerprint density at radius 1 is 0.591 bits per heavy atom. The maximum absolute atomic E-state index is 13.2. The highest BCUT2D eigenvalue weighted by molar-refractivity contribution is 5.67. The smallest absolute Gasteiger partial charge is 0.408 e. The second kappa shape index (κ2) is 18.8. The molecule has 0 atom stereocenters. The van der Waals surface area contributed by atoms with Crippen molar-refractivity contribution in [3.63, 3.8) is 0 Å². The minimum absolute atomic E-state index is 0.00399. The molecule has 3 amide bonds. The summed E-state index contributed by atoms with van der Waals surface area (Å²) >= 11 is 0. The second-order valence-electron chi connectivity index (χ2n) is 12.9. The molecule has 44 heavy (non-hydrogen) atoms. The Kier molecular flexibility index (Phi) is 16.3. The maximum Gasteiger partial charge on any atom is 0.408 e. The first kappa shape index (κ1) is 38.2. The molecule has 15 heteroatoms. The molecule has 3 N–H and O–H groups in total. The van der Waals surface area contributed by atoms with E-state index in [1.54, 1.807) is 0 Å². The number of amides is 3. The zero-order chi connectivity index (χ0) is 33.3. The molecule has 1 heterocycles. The van der Waals surface area contributed by atoms with Gasteiger partial charge in [-0.05, 0) is 42.9 Å². The SMILES string of the molecule is CCCOC(=O)NCCCCCCn1c(=O)n(CNC(=O)OCCC(C)(C)C)c(=O)n(CNC(=O)OCCC(C)(C)C)c1=O. The average molecular weight is 629 g/mol. The highest BCUT2D eigenvalue weighted by Gasteiger charge is 2.18. The number of ether oxygens (including phenoxy) is 3. The van der Waals surface area contributed by atoms with E-state index in [-0.39, 0.29) is 30.6 Å². The number of alkyl carbamates (subject to hydrolysis) is 3. The molecular weight excluding hydrogens is 576 g/mol. The van der Waals surface area contributed by atoms with E-state index in [9.17, 15) is 28.8 Å². The summed E-state index contributed by atoms with van der Waals surface area (Å²) in [5, 5.41) is 7.41. The Bertz CT molecular complexity index is 1160. The number of rotatable bonds is 17. The Morgan fingerprint density at radius 2 is 1.00 bits per heavy atom. The van der Waals surface area contributed by atoms with Crippen molar-refractivity contribution in [3.8, 4) is 0 Å². The highest BCUT2D eigenvalue weighted by atomic mass is 16.6. The third kappa shape index (κ3) is 15.6. The fourth-order valence-electron chi connectivity index (χ4n) is 3.62. The predicted molar refractivity (Wildman–Crippen MR) is 164 cm³/mol. The van der Waals surface area contributed by atoms with Crippen molar-refractivity contribution in [2.75, 3.05) is 26.4 Å². The van der Waals surface area contributed by atoms with Gasteiger partial charge in [0.25, 0.3) is 0 Å². The molecular formula is C29H52N6O9. The zero-order valence-corrected chi connectivity index (χ0v) is 27.4. The van der Waals surface area contributed by atoms with Crippen molar-refractivity contribution in [3.05, 3.63) is 31.5 Å². The highest BCUT2D eigenvalue weighted by Crippen LogP contribution is 2.18. The lowest BCUT2D eigenvalue weighted by atomic mass is 9.93. The summed E-state index contributed by atoms with van der Waals surface area (Å²) < 4.78 is 17.5. The number of hydrogen-bond donors (Lipinski definition) is 3. The van der Waals surface area contributed by atoms with Crippen LogP contribution in [0.2, 0.25) is 0 Å². The second-order valence-corrected chi connectivity index (χ2v) is 12.9. The summed E-state index contributed by atoms with van der Waals surface area (Å²) in [5.41, 5.74) is -2.93. The van der Waals surface area contributed by atoms with E-state index >= 15 is 0 Å². The van der Waals surface area contributed by atoms with Gasteiger partial charge in [-0.3, -0.25) is 0 Å². The minimum atomic E-state index is -1.01. The quantitative estimate of drug-likeness (QED) is 0.172. The van der Waals surface area contributed by atoms with Crippen LogP contribution in [0.4, 0.5) is 14.4 Å². The normalized spacial score (nSPS) is 11.5. The topological polar surface area (TPSA) is 181 Å². The molecule has 0 spiro atoms. The summed E-state index contributed by atoms with van der Waals surface area (Å²) in [5.74, 6) is 0. The van der Waals surface area contributed by atoms with Crippen LogP contribution in [0.5, 0.6) is 0 Å². The first-order valence-electron chi connectivity index (χ1n) is 15.2. The molecule has 0 aromatic carbocycles. The number of aromatic nitrogens is 3. The van der Waals surface area contributed by atoms with Crippen LogP contribution >= 0.6 is 0 Å². The summed E-state index contributed by atoms with van der Waals surface area (Å²) in [6, 6.07) is 0. The molecule has 0 saturated heterocycles. The van der Waals surface area contributed by atoms with Gasteiger partial charge in [0.05, 0.1) is 19.8 Å². The van der Waals surface area contributed by atoms with Crippen molar-refractivity contribution in [1.82, 2.24) is 29.7 Å². The number of carbonyl (C=O) groups is 3. The Labute approximate surface area is 258 Å². The molecule has 15 nitrogen and oxygen atoms in total. The Morgan fingerprint density at radius 3 is 1.45 bits per heavy atom. The van der Waals surface area contributed by atoms with E-state index in [1.165, 1.54) is 0 Å². The van der Waals surface area contributed by atoms with Gasteiger partial charge in [-0.25, -0.2) is 42.5 Å². The van der Waals surface area contributed by atoms with E-state index in [1.807, 2.05) is 48.5 Å². The van der Waals surface area contributed by atoms with Crippen LogP contribution in [-0.4, -0.2) is 58.3 Å². The molecule has 0 aliphatic carbocycles. The van der Waals surface area contributed by atoms with Crippen LogP contribution in [-0.2, 0) is 34.1 Å². The molecule has 0 unspecified atom stereocenters. The van der Waals surface area contributed by atoms with Crippen LogP contribution in [0.15, 0.2) is 14.4 Å². The van der Waals surface area contributed by atoms with Gasteiger partial charge < -0.3 is 30.2 Å². The molecule has 1 aromatic heterocycles. The van der Waals surface area contributed by atoms with E-state index in [2.05, 4.69) is 16.0 Å². The molecule has 0 radical (unpaired) electrons. The predicted octanol–water partition coefficient (Wildman–Crippen LogP) is 3.11. The summed E-state index contributed by atoms with van der Waals surface area (Å²) in [7, 11) is 0. The van der Waals surface area contributed by atoms with Gasteiger partial charge in [-0.15, -0.1) is 0 Å². The van der Waals surface area contributed by atoms with Crippen molar-refractivity contribution in [1.29, 1.82) is 0 Å². The van der Waals surface area contributed by atoms with Gasteiger partial charge in [-0.1, -0.05) is 61.3 Å². The minimum Gasteiger partial charge on any atom is -0.450 e. The Balaban J connectivity index is 2.95. The van der Waals surface area contributed by atoms with Gasteiger partial charge >= 0.3 is 35.3 Å². The molecule has 1 aromatic rings. The van der Waals surface area contributed by atoms with Crippen LogP contribution in [0.25, 0.3) is 0 Å². The van der Waals surface area contributed by atoms with Crippen LogP contribution in [0, 0.1) is 10.8 Å². The first-order valence-corrected chi connectivity index (χ1v) is 15.2. The maximum atomic E-state index is 13.2. The summed E-state index contributed by atoms with van der Waals surface area (Å²) in [6.45, 7) is 13.9. The summed E-state index contributed by atoms with van der Waals surface area (Å²) in [6.07, 6.45) is 2.27. The monoisotopic (exact) mass is 628 g/mol. The third-order valence-electron chi connectivity index (χ3n) is 6.33. The van der Waals surface area contributed by atoms with Crippen molar-refractivity contribution >= 4 is 18.3 Å². The van der Waals surface area contributed by atoms with Gasteiger partial charge in [-0.2, -0.15) is 0 Å². The lowest BCUT2D eigenvalue weighted by Crippen LogP contribution is -2.57. The van der Waals surface area contributed by atoms with Crippen molar-refractivity contribution in [2.45, 2.75) is 113 Å². The Hall–Kier alpha value is -3.78.